The summed E-state index contributed by atoms with van der Waals surface area (Å²) in [5.74, 6) is -0.240. The third-order valence-corrected chi connectivity index (χ3v) is 3.02. The number of nitrogens with two attached hydrogens (primary N) is 1. The normalized spacial score (nSPS) is 11.6. The average molecular weight is 243 g/mol. The SMILES string of the molecule is CC(C)(C)c1cccc(N)c1-c1cccc(F)c1. The zero-order valence-corrected chi connectivity index (χ0v) is 11.0. The van der Waals surface area contributed by atoms with Gasteiger partial charge in [0.05, 0.1) is 0 Å². The molecule has 0 bridgehead atoms. The van der Waals surface area contributed by atoms with Gasteiger partial charge in [-0.1, -0.05) is 45.0 Å². The van der Waals surface area contributed by atoms with Crippen LogP contribution in [-0.4, -0.2) is 0 Å². The number of hydrogen-bond acceptors (Lipinski definition) is 1. The van der Waals surface area contributed by atoms with Gasteiger partial charge >= 0.3 is 0 Å². The average Bonchev–Trinajstić information content (AvgIpc) is 2.27. The second-order valence-corrected chi connectivity index (χ2v) is 5.53. The van der Waals surface area contributed by atoms with Crippen LogP contribution in [-0.2, 0) is 5.41 Å². The molecule has 0 amide bonds. The Bertz CT molecular complexity index is 568. The lowest BCUT2D eigenvalue weighted by atomic mass is 9.81. The van der Waals surface area contributed by atoms with Crippen molar-refractivity contribution in [1.29, 1.82) is 0 Å². The van der Waals surface area contributed by atoms with Gasteiger partial charge in [-0.15, -0.1) is 0 Å². The van der Waals surface area contributed by atoms with E-state index in [1.165, 1.54) is 12.1 Å². The summed E-state index contributed by atoms with van der Waals surface area (Å²) >= 11 is 0. The Morgan fingerprint density at radius 2 is 1.67 bits per heavy atom. The molecular weight excluding hydrogens is 225 g/mol. The molecule has 0 saturated carbocycles. The highest BCUT2D eigenvalue weighted by atomic mass is 19.1. The van der Waals surface area contributed by atoms with Crippen LogP contribution in [0.3, 0.4) is 0 Å². The summed E-state index contributed by atoms with van der Waals surface area (Å²) in [5, 5.41) is 0. The molecule has 0 unspecified atom stereocenters. The second-order valence-electron chi connectivity index (χ2n) is 5.53. The van der Waals surface area contributed by atoms with Gasteiger partial charge in [-0.3, -0.25) is 0 Å². The molecule has 0 atom stereocenters. The number of anilines is 1. The van der Waals surface area contributed by atoms with E-state index in [4.69, 9.17) is 5.73 Å². The minimum absolute atomic E-state index is 0.0307. The molecule has 0 heterocycles. The standard InChI is InChI=1S/C16H18FN/c1-16(2,3)13-8-5-9-14(18)15(13)11-6-4-7-12(17)10-11/h4-10H,18H2,1-3H3. The summed E-state index contributed by atoms with van der Waals surface area (Å²) in [6.45, 7) is 6.39. The van der Waals surface area contributed by atoms with Crippen LogP contribution in [0.15, 0.2) is 42.5 Å². The zero-order chi connectivity index (χ0) is 13.3. The first-order chi connectivity index (χ1) is 8.39. The van der Waals surface area contributed by atoms with Crippen molar-refractivity contribution in [1.82, 2.24) is 0 Å². The van der Waals surface area contributed by atoms with E-state index in [9.17, 15) is 4.39 Å². The molecule has 1 nitrogen and oxygen atoms in total. The smallest absolute Gasteiger partial charge is 0.123 e. The maximum atomic E-state index is 13.4. The van der Waals surface area contributed by atoms with Gasteiger partial charge in [-0.2, -0.15) is 0 Å². The Balaban J connectivity index is 2.70. The van der Waals surface area contributed by atoms with Crippen molar-refractivity contribution >= 4 is 5.69 Å². The topological polar surface area (TPSA) is 26.0 Å². The lowest BCUT2D eigenvalue weighted by Gasteiger charge is -2.24. The predicted molar refractivity (Wildman–Crippen MR) is 74.9 cm³/mol. The summed E-state index contributed by atoms with van der Waals surface area (Å²) in [7, 11) is 0. The number of hydrogen-bond donors (Lipinski definition) is 1. The van der Waals surface area contributed by atoms with Gasteiger partial charge in [0.25, 0.3) is 0 Å². The van der Waals surface area contributed by atoms with Crippen molar-refractivity contribution in [3.05, 3.63) is 53.8 Å². The lowest BCUT2D eigenvalue weighted by Crippen LogP contribution is -2.13. The fourth-order valence-corrected chi connectivity index (χ4v) is 2.16. The van der Waals surface area contributed by atoms with Gasteiger partial charge < -0.3 is 5.73 Å². The van der Waals surface area contributed by atoms with Gasteiger partial charge in [-0.25, -0.2) is 4.39 Å². The Morgan fingerprint density at radius 1 is 1.00 bits per heavy atom. The van der Waals surface area contributed by atoms with Crippen LogP contribution in [0, 0.1) is 5.82 Å². The molecule has 2 aromatic rings. The van der Waals surface area contributed by atoms with E-state index in [1.807, 2.05) is 18.2 Å². The van der Waals surface area contributed by atoms with Crippen molar-refractivity contribution in [3.8, 4) is 11.1 Å². The third kappa shape index (κ3) is 2.37. The minimum Gasteiger partial charge on any atom is -0.398 e. The van der Waals surface area contributed by atoms with Crippen molar-refractivity contribution in [2.24, 2.45) is 0 Å². The van der Waals surface area contributed by atoms with Crippen LogP contribution >= 0.6 is 0 Å². The molecule has 2 N–H and O–H groups in total. The lowest BCUT2D eigenvalue weighted by molar-refractivity contribution is 0.592. The van der Waals surface area contributed by atoms with Crippen LogP contribution in [0.1, 0.15) is 26.3 Å². The summed E-state index contributed by atoms with van der Waals surface area (Å²) in [4.78, 5) is 0. The molecule has 0 aromatic heterocycles. The fourth-order valence-electron chi connectivity index (χ4n) is 2.16. The molecule has 2 heteroatoms. The highest BCUT2D eigenvalue weighted by Gasteiger charge is 2.20. The van der Waals surface area contributed by atoms with Crippen molar-refractivity contribution < 1.29 is 4.39 Å². The number of halogens is 1. The summed E-state index contributed by atoms with van der Waals surface area (Å²) in [6.07, 6.45) is 0. The molecule has 0 spiro atoms. The zero-order valence-electron chi connectivity index (χ0n) is 11.0. The maximum Gasteiger partial charge on any atom is 0.123 e. The van der Waals surface area contributed by atoms with Crippen LogP contribution in [0.25, 0.3) is 11.1 Å². The molecule has 18 heavy (non-hydrogen) atoms. The van der Waals surface area contributed by atoms with Crippen LogP contribution in [0.5, 0.6) is 0 Å². The Morgan fingerprint density at radius 3 is 2.28 bits per heavy atom. The molecule has 94 valence electrons. The molecule has 2 rings (SSSR count). The van der Waals surface area contributed by atoms with E-state index in [-0.39, 0.29) is 11.2 Å². The first-order valence-corrected chi connectivity index (χ1v) is 6.04. The van der Waals surface area contributed by atoms with Gasteiger partial charge in [0, 0.05) is 11.3 Å². The molecule has 0 saturated heterocycles. The number of rotatable bonds is 1. The molecule has 0 radical (unpaired) electrons. The molecule has 0 aliphatic carbocycles. The van der Waals surface area contributed by atoms with Crippen LogP contribution < -0.4 is 5.73 Å². The van der Waals surface area contributed by atoms with E-state index in [1.54, 1.807) is 6.07 Å². The quantitative estimate of drug-likeness (QED) is 0.739. The van der Waals surface area contributed by atoms with Crippen LogP contribution in [0.4, 0.5) is 10.1 Å². The Kier molecular flexibility index (Phi) is 3.12. The van der Waals surface area contributed by atoms with E-state index in [0.717, 1.165) is 16.7 Å². The Labute approximate surface area is 107 Å². The molecular formula is C16H18FN. The summed E-state index contributed by atoms with van der Waals surface area (Å²) in [6, 6.07) is 12.4. The number of benzene rings is 2. The maximum absolute atomic E-state index is 13.4. The van der Waals surface area contributed by atoms with Crippen molar-refractivity contribution in [3.63, 3.8) is 0 Å². The van der Waals surface area contributed by atoms with Crippen molar-refractivity contribution in [2.75, 3.05) is 5.73 Å². The summed E-state index contributed by atoms with van der Waals surface area (Å²) < 4.78 is 13.4. The first kappa shape index (κ1) is 12.6. The van der Waals surface area contributed by atoms with E-state index in [2.05, 4.69) is 26.8 Å². The minimum atomic E-state index is -0.240. The molecule has 0 fully saturated rings. The third-order valence-electron chi connectivity index (χ3n) is 3.02. The van der Waals surface area contributed by atoms with Gasteiger partial charge in [0.1, 0.15) is 5.82 Å². The van der Waals surface area contributed by atoms with E-state index < -0.39 is 0 Å². The highest BCUT2D eigenvalue weighted by molar-refractivity contribution is 5.80. The predicted octanol–water partition coefficient (Wildman–Crippen LogP) is 4.37. The fraction of sp³-hybridized carbons (Fsp3) is 0.250. The highest BCUT2D eigenvalue weighted by Crippen LogP contribution is 2.36. The van der Waals surface area contributed by atoms with E-state index >= 15 is 0 Å². The van der Waals surface area contributed by atoms with Gasteiger partial charge in [0.2, 0.25) is 0 Å². The van der Waals surface area contributed by atoms with Gasteiger partial charge in [0.15, 0.2) is 0 Å². The van der Waals surface area contributed by atoms with Crippen molar-refractivity contribution in [2.45, 2.75) is 26.2 Å². The molecule has 0 aliphatic heterocycles. The van der Waals surface area contributed by atoms with Gasteiger partial charge in [-0.05, 0) is 34.7 Å². The molecule has 2 aromatic carbocycles. The van der Waals surface area contributed by atoms with Crippen LogP contribution in [0.2, 0.25) is 0 Å². The first-order valence-electron chi connectivity index (χ1n) is 6.04. The summed E-state index contributed by atoms with van der Waals surface area (Å²) in [5.41, 5.74) is 9.63. The monoisotopic (exact) mass is 243 g/mol. The largest absolute Gasteiger partial charge is 0.398 e. The Hall–Kier alpha value is -1.83. The number of nitrogen functional groups attached to an aromatic ring is 1. The molecule has 0 aliphatic rings. The second kappa shape index (κ2) is 4.45. The van der Waals surface area contributed by atoms with E-state index in [0.29, 0.717) is 5.69 Å².